The Morgan fingerprint density at radius 1 is 1.36 bits per heavy atom. The number of fused-ring (bicyclic) bond motifs is 1. The lowest BCUT2D eigenvalue weighted by atomic mass is 9.93. The number of hydrogen-bond acceptors (Lipinski definition) is 3. The molecule has 0 saturated heterocycles. The van der Waals surface area contributed by atoms with Crippen molar-refractivity contribution in [1.82, 2.24) is 4.90 Å². The fourth-order valence-electron chi connectivity index (χ4n) is 2.75. The van der Waals surface area contributed by atoms with Crippen LogP contribution in [-0.4, -0.2) is 27.9 Å². The van der Waals surface area contributed by atoms with E-state index < -0.39 is 12.0 Å². The first-order valence-corrected chi connectivity index (χ1v) is 8.55. The molecule has 1 aliphatic rings. The van der Waals surface area contributed by atoms with E-state index in [-0.39, 0.29) is 5.91 Å². The molecule has 1 N–H and O–H groups in total. The third kappa shape index (κ3) is 2.57. The molecule has 1 atom stereocenters. The predicted octanol–water partition coefficient (Wildman–Crippen LogP) is 3.47. The maximum atomic E-state index is 12.7. The Labute approximate surface area is 140 Å². The number of carbonyl (C=O) groups is 2. The topological polar surface area (TPSA) is 57.6 Å². The van der Waals surface area contributed by atoms with Gasteiger partial charge in [-0.25, -0.2) is 4.79 Å². The minimum atomic E-state index is -0.970. The number of aryl methyl sites for hydroxylation is 1. The zero-order chi connectivity index (χ0) is 15.9. The molecule has 0 aliphatic carbocycles. The minimum Gasteiger partial charge on any atom is -0.480 e. The molecule has 1 aromatic heterocycles. The summed E-state index contributed by atoms with van der Waals surface area (Å²) in [7, 11) is 0. The SMILES string of the molecule is Cc1cscc1C(=O)N1Cc2cccc(Br)c2CC1C(=O)O. The van der Waals surface area contributed by atoms with Gasteiger partial charge < -0.3 is 10.0 Å². The first kappa shape index (κ1) is 15.2. The zero-order valence-electron chi connectivity index (χ0n) is 11.9. The van der Waals surface area contributed by atoms with Crippen molar-refractivity contribution >= 4 is 39.1 Å². The minimum absolute atomic E-state index is 0.211. The molecule has 22 heavy (non-hydrogen) atoms. The molecular formula is C16H14BrNO3S. The summed E-state index contributed by atoms with van der Waals surface area (Å²) in [5, 5.41) is 13.2. The number of carbonyl (C=O) groups excluding carboxylic acids is 1. The van der Waals surface area contributed by atoms with Crippen LogP contribution >= 0.6 is 27.3 Å². The first-order chi connectivity index (χ1) is 10.5. The third-order valence-corrected chi connectivity index (χ3v) is 5.57. The second-order valence-corrected chi connectivity index (χ2v) is 6.94. The fraction of sp³-hybridized carbons (Fsp3) is 0.250. The maximum Gasteiger partial charge on any atom is 0.326 e. The molecule has 4 nitrogen and oxygen atoms in total. The molecule has 1 aliphatic heterocycles. The van der Waals surface area contributed by atoms with Gasteiger partial charge in [0.2, 0.25) is 0 Å². The molecule has 2 aromatic rings. The highest BCUT2D eigenvalue weighted by Crippen LogP contribution is 2.31. The van der Waals surface area contributed by atoms with Crippen LogP contribution in [0, 0.1) is 6.92 Å². The van der Waals surface area contributed by atoms with Gasteiger partial charge in [0.05, 0.1) is 5.56 Å². The highest BCUT2D eigenvalue weighted by Gasteiger charge is 2.36. The van der Waals surface area contributed by atoms with Crippen LogP contribution in [0.5, 0.6) is 0 Å². The van der Waals surface area contributed by atoms with Gasteiger partial charge in [-0.1, -0.05) is 28.1 Å². The Morgan fingerprint density at radius 3 is 2.77 bits per heavy atom. The molecule has 0 saturated carbocycles. The van der Waals surface area contributed by atoms with E-state index in [1.807, 2.05) is 30.5 Å². The van der Waals surface area contributed by atoms with Gasteiger partial charge in [0.15, 0.2) is 0 Å². The molecular weight excluding hydrogens is 366 g/mol. The quantitative estimate of drug-likeness (QED) is 0.868. The van der Waals surface area contributed by atoms with E-state index in [0.29, 0.717) is 18.5 Å². The highest BCUT2D eigenvalue weighted by atomic mass is 79.9. The number of carboxylic acids is 1. The lowest BCUT2D eigenvalue weighted by Gasteiger charge is -2.35. The van der Waals surface area contributed by atoms with Gasteiger partial charge in [-0.3, -0.25) is 4.79 Å². The van der Waals surface area contributed by atoms with Crippen molar-refractivity contribution < 1.29 is 14.7 Å². The van der Waals surface area contributed by atoms with Crippen molar-refractivity contribution in [2.45, 2.75) is 25.9 Å². The van der Waals surface area contributed by atoms with Crippen LogP contribution in [0.25, 0.3) is 0 Å². The van der Waals surface area contributed by atoms with Gasteiger partial charge in [0.1, 0.15) is 6.04 Å². The summed E-state index contributed by atoms with van der Waals surface area (Å²) in [6.45, 7) is 2.19. The van der Waals surface area contributed by atoms with Crippen LogP contribution in [0.4, 0.5) is 0 Å². The van der Waals surface area contributed by atoms with Crippen molar-refractivity contribution in [1.29, 1.82) is 0 Å². The number of benzene rings is 1. The van der Waals surface area contributed by atoms with Crippen LogP contribution in [0.1, 0.15) is 27.0 Å². The number of carboxylic acid groups (broad SMARTS) is 1. The average Bonchev–Trinajstić information content (AvgIpc) is 2.91. The van der Waals surface area contributed by atoms with Crippen LogP contribution in [0.2, 0.25) is 0 Å². The molecule has 0 radical (unpaired) electrons. The fourth-order valence-corrected chi connectivity index (χ4v) is 4.14. The lowest BCUT2D eigenvalue weighted by molar-refractivity contribution is -0.142. The molecule has 2 heterocycles. The van der Waals surface area contributed by atoms with E-state index >= 15 is 0 Å². The molecule has 1 amide bonds. The van der Waals surface area contributed by atoms with Crippen LogP contribution in [0.15, 0.2) is 33.4 Å². The van der Waals surface area contributed by atoms with Crippen molar-refractivity contribution in [2.75, 3.05) is 0 Å². The van der Waals surface area contributed by atoms with Crippen molar-refractivity contribution in [3.05, 3.63) is 55.7 Å². The first-order valence-electron chi connectivity index (χ1n) is 6.82. The Hall–Kier alpha value is -1.66. The second-order valence-electron chi connectivity index (χ2n) is 5.34. The number of rotatable bonds is 2. The smallest absolute Gasteiger partial charge is 0.326 e. The van der Waals surface area contributed by atoms with E-state index in [1.165, 1.54) is 16.2 Å². The van der Waals surface area contributed by atoms with E-state index in [0.717, 1.165) is 21.2 Å². The van der Waals surface area contributed by atoms with E-state index in [2.05, 4.69) is 15.9 Å². The van der Waals surface area contributed by atoms with Crippen molar-refractivity contribution in [2.24, 2.45) is 0 Å². The summed E-state index contributed by atoms with van der Waals surface area (Å²) in [5.41, 5.74) is 3.45. The van der Waals surface area contributed by atoms with Crippen LogP contribution in [-0.2, 0) is 17.8 Å². The number of hydrogen-bond donors (Lipinski definition) is 1. The standard InChI is InChI=1S/C16H14BrNO3S/c1-9-7-22-8-12(9)15(19)18-6-10-3-2-4-13(17)11(10)5-14(18)16(20)21/h2-4,7-8,14H,5-6H2,1H3,(H,20,21). The monoisotopic (exact) mass is 379 g/mol. The Kier molecular flexibility index (Phi) is 4.06. The van der Waals surface area contributed by atoms with Gasteiger partial charge in [-0.15, -0.1) is 0 Å². The number of amides is 1. The number of nitrogens with zero attached hydrogens (tertiary/aromatic N) is 1. The summed E-state index contributed by atoms with van der Waals surface area (Å²) in [6, 6.07) is 4.91. The Bertz CT molecular complexity index is 756. The van der Waals surface area contributed by atoms with Gasteiger partial charge >= 0.3 is 5.97 Å². The third-order valence-electron chi connectivity index (χ3n) is 3.96. The summed E-state index contributed by atoms with van der Waals surface area (Å²) in [5.74, 6) is -1.18. The molecule has 1 aromatic carbocycles. The zero-order valence-corrected chi connectivity index (χ0v) is 14.3. The lowest BCUT2D eigenvalue weighted by Crippen LogP contribution is -2.48. The van der Waals surface area contributed by atoms with Crippen LogP contribution in [0.3, 0.4) is 0 Å². The average molecular weight is 380 g/mol. The van der Waals surface area contributed by atoms with Crippen molar-refractivity contribution in [3.8, 4) is 0 Å². The van der Waals surface area contributed by atoms with Gasteiger partial charge in [0, 0.05) is 22.8 Å². The molecule has 1 unspecified atom stereocenters. The number of aliphatic carboxylic acids is 1. The highest BCUT2D eigenvalue weighted by molar-refractivity contribution is 9.10. The Morgan fingerprint density at radius 2 is 2.14 bits per heavy atom. The normalized spacial score (nSPS) is 17.2. The Balaban J connectivity index is 2.01. The summed E-state index contributed by atoms with van der Waals surface area (Å²) in [4.78, 5) is 25.9. The number of thiophene rings is 1. The molecule has 0 spiro atoms. The summed E-state index contributed by atoms with van der Waals surface area (Å²) >= 11 is 4.92. The molecule has 3 rings (SSSR count). The predicted molar refractivity (Wildman–Crippen MR) is 88.2 cm³/mol. The van der Waals surface area contributed by atoms with E-state index in [1.54, 1.807) is 5.38 Å². The van der Waals surface area contributed by atoms with E-state index in [9.17, 15) is 14.7 Å². The van der Waals surface area contributed by atoms with Gasteiger partial charge in [-0.05, 0) is 35.1 Å². The molecule has 0 fully saturated rings. The van der Waals surface area contributed by atoms with Gasteiger partial charge in [0.25, 0.3) is 5.91 Å². The van der Waals surface area contributed by atoms with Crippen molar-refractivity contribution in [3.63, 3.8) is 0 Å². The van der Waals surface area contributed by atoms with Crippen LogP contribution < -0.4 is 0 Å². The van der Waals surface area contributed by atoms with Gasteiger partial charge in [-0.2, -0.15) is 11.3 Å². The van der Waals surface area contributed by atoms with E-state index in [4.69, 9.17) is 0 Å². The molecule has 6 heteroatoms. The summed E-state index contributed by atoms with van der Waals surface area (Å²) < 4.78 is 0.898. The molecule has 0 bridgehead atoms. The molecule has 114 valence electrons. The maximum absolute atomic E-state index is 12.7. The largest absolute Gasteiger partial charge is 0.480 e. The number of halogens is 1. The summed E-state index contributed by atoms with van der Waals surface area (Å²) in [6.07, 6.45) is 0.320. The second kappa shape index (κ2) is 5.85.